The van der Waals surface area contributed by atoms with Gasteiger partial charge >= 0.3 is 0 Å². The molecule has 0 spiro atoms. The molecule has 0 radical (unpaired) electrons. The second kappa shape index (κ2) is 4.63. The third kappa shape index (κ3) is 1.89. The summed E-state index contributed by atoms with van der Waals surface area (Å²) < 4.78 is 11.0. The van der Waals surface area contributed by atoms with Crippen LogP contribution in [0.3, 0.4) is 0 Å². The molecule has 2 heterocycles. The van der Waals surface area contributed by atoms with Crippen LogP contribution in [0.25, 0.3) is 0 Å². The zero-order chi connectivity index (χ0) is 11.6. The molecular formula is C13H25NO2. The molecule has 3 heteroatoms. The van der Waals surface area contributed by atoms with Crippen LogP contribution in [0.2, 0.25) is 0 Å². The van der Waals surface area contributed by atoms with Gasteiger partial charge in [0.1, 0.15) is 0 Å². The molecule has 94 valence electrons. The summed E-state index contributed by atoms with van der Waals surface area (Å²) in [7, 11) is 0. The van der Waals surface area contributed by atoms with E-state index in [4.69, 9.17) is 15.2 Å². The third-order valence-corrected chi connectivity index (χ3v) is 4.84. The highest BCUT2D eigenvalue weighted by Gasteiger charge is 2.54. The summed E-state index contributed by atoms with van der Waals surface area (Å²) in [6, 6.07) is 0. The van der Waals surface area contributed by atoms with Gasteiger partial charge in [0, 0.05) is 18.6 Å². The standard InChI is InChI=1S/C13H25NO2/c1-12(2,5-6-14)13(9-16-10-13)11-3-7-15-8-4-11/h11H,3-10,14H2,1-2H3. The van der Waals surface area contributed by atoms with E-state index in [9.17, 15) is 0 Å². The SMILES string of the molecule is CC(C)(CCN)C1(C2CCOCC2)COC1. The molecule has 0 aliphatic carbocycles. The van der Waals surface area contributed by atoms with Crippen LogP contribution in [-0.4, -0.2) is 33.0 Å². The first-order valence-corrected chi connectivity index (χ1v) is 6.48. The minimum absolute atomic E-state index is 0.294. The Hall–Kier alpha value is -0.120. The predicted molar refractivity (Wildman–Crippen MR) is 64.2 cm³/mol. The Labute approximate surface area is 98.7 Å². The lowest BCUT2D eigenvalue weighted by Gasteiger charge is -2.57. The Morgan fingerprint density at radius 1 is 1.19 bits per heavy atom. The summed E-state index contributed by atoms with van der Waals surface area (Å²) in [5.74, 6) is 0.761. The van der Waals surface area contributed by atoms with Gasteiger partial charge in [-0.3, -0.25) is 0 Å². The average Bonchev–Trinajstić information content (AvgIpc) is 2.16. The maximum atomic E-state index is 5.75. The van der Waals surface area contributed by atoms with E-state index < -0.39 is 0 Å². The Bertz CT molecular complexity index is 230. The molecule has 16 heavy (non-hydrogen) atoms. The van der Waals surface area contributed by atoms with E-state index in [-0.39, 0.29) is 0 Å². The summed E-state index contributed by atoms with van der Waals surface area (Å²) in [6.45, 7) is 9.18. The minimum Gasteiger partial charge on any atom is -0.381 e. The first kappa shape index (κ1) is 12.3. The van der Waals surface area contributed by atoms with E-state index in [1.165, 1.54) is 12.8 Å². The van der Waals surface area contributed by atoms with Crippen molar-refractivity contribution in [2.24, 2.45) is 22.5 Å². The third-order valence-electron chi connectivity index (χ3n) is 4.84. The van der Waals surface area contributed by atoms with Crippen LogP contribution in [0, 0.1) is 16.7 Å². The minimum atomic E-state index is 0.294. The molecular weight excluding hydrogens is 202 g/mol. The molecule has 2 fully saturated rings. The zero-order valence-electron chi connectivity index (χ0n) is 10.6. The van der Waals surface area contributed by atoms with Crippen LogP contribution in [0.1, 0.15) is 33.1 Å². The zero-order valence-corrected chi connectivity index (χ0v) is 10.6. The summed E-state index contributed by atoms with van der Waals surface area (Å²) in [4.78, 5) is 0. The molecule has 2 N–H and O–H groups in total. The fourth-order valence-electron chi connectivity index (χ4n) is 3.36. The van der Waals surface area contributed by atoms with Crippen molar-refractivity contribution in [3.05, 3.63) is 0 Å². The Morgan fingerprint density at radius 3 is 2.25 bits per heavy atom. The summed E-state index contributed by atoms with van der Waals surface area (Å²) in [5.41, 5.74) is 6.41. The lowest BCUT2D eigenvalue weighted by atomic mass is 9.54. The van der Waals surface area contributed by atoms with Crippen molar-refractivity contribution in [2.45, 2.75) is 33.1 Å². The van der Waals surface area contributed by atoms with E-state index in [2.05, 4.69) is 13.8 Å². The van der Waals surface area contributed by atoms with Gasteiger partial charge in [0.05, 0.1) is 13.2 Å². The van der Waals surface area contributed by atoms with Crippen molar-refractivity contribution in [3.8, 4) is 0 Å². The molecule has 2 rings (SSSR count). The summed E-state index contributed by atoms with van der Waals surface area (Å²) in [6.07, 6.45) is 3.47. The monoisotopic (exact) mass is 227 g/mol. The van der Waals surface area contributed by atoms with Crippen molar-refractivity contribution in [1.82, 2.24) is 0 Å². The second-order valence-electron chi connectivity index (χ2n) is 5.96. The van der Waals surface area contributed by atoms with Gasteiger partial charge in [0.15, 0.2) is 0 Å². The Morgan fingerprint density at radius 2 is 1.81 bits per heavy atom. The lowest BCUT2D eigenvalue weighted by molar-refractivity contribution is -0.220. The molecule has 2 aliphatic heterocycles. The van der Waals surface area contributed by atoms with Crippen molar-refractivity contribution in [3.63, 3.8) is 0 Å². The van der Waals surface area contributed by atoms with E-state index in [0.29, 0.717) is 10.8 Å². The highest BCUT2D eigenvalue weighted by atomic mass is 16.5. The topological polar surface area (TPSA) is 44.5 Å². The van der Waals surface area contributed by atoms with Crippen LogP contribution < -0.4 is 5.73 Å². The molecule has 0 aromatic rings. The molecule has 0 aromatic heterocycles. The van der Waals surface area contributed by atoms with Gasteiger partial charge < -0.3 is 15.2 Å². The van der Waals surface area contributed by atoms with Gasteiger partial charge in [-0.2, -0.15) is 0 Å². The molecule has 0 unspecified atom stereocenters. The first-order chi connectivity index (χ1) is 7.62. The van der Waals surface area contributed by atoms with E-state index in [1.54, 1.807) is 0 Å². The fourth-order valence-corrected chi connectivity index (χ4v) is 3.36. The van der Waals surface area contributed by atoms with Crippen LogP contribution in [0.5, 0.6) is 0 Å². The summed E-state index contributed by atoms with van der Waals surface area (Å²) in [5, 5.41) is 0. The van der Waals surface area contributed by atoms with E-state index >= 15 is 0 Å². The number of hydrogen-bond acceptors (Lipinski definition) is 3. The van der Waals surface area contributed by atoms with Crippen molar-refractivity contribution >= 4 is 0 Å². The van der Waals surface area contributed by atoms with Gasteiger partial charge in [-0.05, 0) is 37.1 Å². The van der Waals surface area contributed by atoms with Crippen molar-refractivity contribution < 1.29 is 9.47 Å². The second-order valence-corrected chi connectivity index (χ2v) is 5.96. The summed E-state index contributed by atoms with van der Waals surface area (Å²) >= 11 is 0. The molecule has 2 saturated heterocycles. The fraction of sp³-hybridized carbons (Fsp3) is 1.00. The van der Waals surface area contributed by atoms with Gasteiger partial charge in [-0.25, -0.2) is 0 Å². The lowest BCUT2D eigenvalue weighted by Crippen LogP contribution is -2.59. The number of nitrogens with two attached hydrogens (primary N) is 1. The quantitative estimate of drug-likeness (QED) is 0.796. The number of hydrogen-bond donors (Lipinski definition) is 1. The van der Waals surface area contributed by atoms with E-state index in [0.717, 1.165) is 45.3 Å². The van der Waals surface area contributed by atoms with Crippen molar-refractivity contribution in [2.75, 3.05) is 33.0 Å². The van der Waals surface area contributed by atoms with Gasteiger partial charge in [-0.1, -0.05) is 13.8 Å². The van der Waals surface area contributed by atoms with Crippen LogP contribution >= 0.6 is 0 Å². The highest BCUT2D eigenvalue weighted by molar-refractivity contribution is 5.02. The van der Waals surface area contributed by atoms with Crippen LogP contribution in [0.15, 0.2) is 0 Å². The smallest absolute Gasteiger partial charge is 0.0552 e. The molecule has 2 aliphatic rings. The normalized spacial score (nSPS) is 26.4. The molecule has 0 atom stereocenters. The Kier molecular flexibility index (Phi) is 3.57. The van der Waals surface area contributed by atoms with Crippen LogP contribution in [-0.2, 0) is 9.47 Å². The molecule has 0 bridgehead atoms. The largest absolute Gasteiger partial charge is 0.381 e. The Balaban J connectivity index is 2.11. The molecule has 0 aromatic carbocycles. The number of rotatable bonds is 4. The maximum absolute atomic E-state index is 5.75. The van der Waals surface area contributed by atoms with Gasteiger partial charge in [0.2, 0.25) is 0 Å². The molecule has 0 saturated carbocycles. The van der Waals surface area contributed by atoms with Gasteiger partial charge in [0.25, 0.3) is 0 Å². The number of ether oxygens (including phenoxy) is 2. The average molecular weight is 227 g/mol. The van der Waals surface area contributed by atoms with E-state index in [1.807, 2.05) is 0 Å². The molecule has 0 amide bonds. The first-order valence-electron chi connectivity index (χ1n) is 6.48. The van der Waals surface area contributed by atoms with Crippen LogP contribution in [0.4, 0.5) is 0 Å². The van der Waals surface area contributed by atoms with Crippen molar-refractivity contribution in [1.29, 1.82) is 0 Å². The molecule has 3 nitrogen and oxygen atoms in total. The highest BCUT2D eigenvalue weighted by Crippen LogP contribution is 2.54. The maximum Gasteiger partial charge on any atom is 0.0552 e. The van der Waals surface area contributed by atoms with Gasteiger partial charge in [-0.15, -0.1) is 0 Å². The predicted octanol–water partition coefficient (Wildman–Crippen LogP) is 1.80.